The molecule has 0 saturated heterocycles. The van der Waals surface area contributed by atoms with E-state index in [-0.39, 0.29) is 26.1 Å². The predicted octanol–water partition coefficient (Wildman–Crippen LogP) is 11.7. The van der Waals surface area contributed by atoms with Gasteiger partial charge < -0.3 is 18.9 Å². The van der Waals surface area contributed by atoms with Gasteiger partial charge in [-0.05, 0) is 83.5 Å². The molecule has 0 aromatic heterocycles. The van der Waals surface area contributed by atoms with Crippen molar-refractivity contribution in [1.82, 2.24) is 0 Å². The van der Waals surface area contributed by atoms with Gasteiger partial charge >= 0.3 is 19.8 Å². The van der Waals surface area contributed by atoms with Crippen molar-refractivity contribution in [2.45, 2.75) is 161 Å². The van der Waals surface area contributed by atoms with Crippen molar-refractivity contribution in [2.75, 3.05) is 47.5 Å². The fraction of sp³-hybridized carbons (Fsp3) is 0.727. The molecular weight excluding hydrogens is 701 g/mol. The molecule has 0 saturated carbocycles. The van der Waals surface area contributed by atoms with Crippen molar-refractivity contribution in [3.63, 3.8) is 0 Å². The van der Waals surface area contributed by atoms with Crippen LogP contribution in [0.2, 0.25) is 0 Å². The van der Waals surface area contributed by atoms with Crippen LogP contribution >= 0.6 is 7.82 Å². The summed E-state index contributed by atoms with van der Waals surface area (Å²) in [6.07, 6.45) is 42.7. The first-order valence-corrected chi connectivity index (χ1v) is 22.5. The van der Waals surface area contributed by atoms with E-state index in [0.717, 1.165) is 57.8 Å². The minimum absolute atomic E-state index is 0.0172. The number of likely N-dealkylation sites (N-methyl/N-ethyl adjacent to an activating group) is 1. The lowest BCUT2D eigenvalue weighted by atomic mass is 10.1. The number of hydrogen-bond acceptors (Lipinski definition) is 7. The number of phosphoric ester groups is 1. The van der Waals surface area contributed by atoms with Gasteiger partial charge in [0.2, 0.25) is 0 Å². The van der Waals surface area contributed by atoms with Gasteiger partial charge in [0, 0.05) is 12.8 Å². The molecule has 9 nitrogen and oxygen atoms in total. The van der Waals surface area contributed by atoms with Crippen molar-refractivity contribution < 1.29 is 42.1 Å². The Morgan fingerprint density at radius 2 is 1.00 bits per heavy atom. The topological polar surface area (TPSA) is 108 Å². The summed E-state index contributed by atoms with van der Waals surface area (Å²) in [5, 5.41) is 0. The Morgan fingerprint density at radius 3 is 1.52 bits per heavy atom. The predicted molar refractivity (Wildman–Crippen MR) is 224 cm³/mol. The summed E-state index contributed by atoms with van der Waals surface area (Å²) in [6.45, 7) is 4.28. The third-order valence-electron chi connectivity index (χ3n) is 8.52. The number of phosphoric acid groups is 1. The normalized spacial score (nSPS) is 14.3. The Kier molecular flexibility index (Phi) is 34.8. The number of quaternary nitrogens is 1. The smallest absolute Gasteiger partial charge is 0.462 e. The molecule has 0 fully saturated rings. The average molecular weight is 781 g/mol. The number of carbonyl (C=O) groups is 2. The molecule has 312 valence electrons. The van der Waals surface area contributed by atoms with E-state index in [0.29, 0.717) is 23.9 Å². The van der Waals surface area contributed by atoms with Crippen LogP contribution in [0, 0.1) is 0 Å². The van der Waals surface area contributed by atoms with Gasteiger partial charge in [0.25, 0.3) is 0 Å². The summed E-state index contributed by atoms with van der Waals surface area (Å²) in [7, 11) is 1.43. The summed E-state index contributed by atoms with van der Waals surface area (Å²) >= 11 is 0. The second kappa shape index (κ2) is 36.4. The van der Waals surface area contributed by atoms with Crippen molar-refractivity contribution in [2.24, 2.45) is 0 Å². The molecule has 1 N–H and O–H groups in total. The molecule has 2 atom stereocenters. The zero-order chi connectivity index (χ0) is 40.0. The van der Waals surface area contributed by atoms with Crippen LogP contribution in [0.5, 0.6) is 0 Å². The number of rotatable bonds is 37. The van der Waals surface area contributed by atoms with Gasteiger partial charge in [-0.2, -0.15) is 0 Å². The molecule has 0 aliphatic rings. The van der Waals surface area contributed by atoms with Crippen LogP contribution < -0.4 is 0 Å². The molecule has 0 aromatic carbocycles. The molecule has 0 aliphatic heterocycles. The van der Waals surface area contributed by atoms with E-state index in [2.05, 4.69) is 74.6 Å². The highest BCUT2D eigenvalue weighted by molar-refractivity contribution is 7.47. The number of carbonyl (C=O) groups excluding carboxylic acids is 2. The Labute approximate surface area is 330 Å². The SMILES string of the molecule is CCCCC/C=C/C/C=C/C/C=C/CCCCC(=O)OC[C@H](COP(=O)(O)OCC[N+](C)(C)C)OC(=O)CCCC/C=C/C/C=C/CCCCCCCC. The number of hydrogen-bond donors (Lipinski definition) is 1. The molecular formula is C44H79NO8P+. The second-order valence-corrected chi connectivity index (χ2v) is 16.5. The van der Waals surface area contributed by atoms with Crippen molar-refractivity contribution in [3.8, 4) is 0 Å². The Bertz CT molecular complexity index is 1110. The minimum atomic E-state index is -4.39. The fourth-order valence-electron chi connectivity index (χ4n) is 5.17. The van der Waals surface area contributed by atoms with Crippen LogP contribution in [0.15, 0.2) is 60.8 Å². The van der Waals surface area contributed by atoms with Crippen LogP contribution in [-0.2, 0) is 32.7 Å². The minimum Gasteiger partial charge on any atom is -0.462 e. The molecule has 54 heavy (non-hydrogen) atoms. The van der Waals surface area contributed by atoms with E-state index in [9.17, 15) is 19.0 Å². The van der Waals surface area contributed by atoms with Crippen molar-refractivity contribution in [1.29, 1.82) is 0 Å². The van der Waals surface area contributed by atoms with Gasteiger partial charge in [-0.25, -0.2) is 4.57 Å². The lowest BCUT2D eigenvalue weighted by molar-refractivity contribution is -0.870. The summed E-state index contributed by atoms with van der Waals surface area (Å²) in [6, 6.07) is 0. The largest absolute Gasteiger partial charge is 0.472 e. The number of nitrogens with zero attached hydrogens (tertiary/aromatic N) is 1. The maximum Gasteiger partial charge on any atom is 0.472 e. The monoisotopic (exact) mass is 781 g/mol. The summed E-state index contributed by atoms with van der Waals surface area (Å²) in [5.41, 5.74) is 0. The van der Waals surface area contributed by atoms with Crippen LogP contribution in [-0.4, -0.2) is 74.9 Å². The molecule has 0 spiro atoms. The third kappa shape index (κ3) is 39.4. The molecule has 0 heterocycles. The van der Waals surface area contributed by atoms with Gasteiger partial charge in [-0.15, -0.1) is 0 Å². The van der Waals surface area contributed by atoms with Crippen molar-refractivity contribution >= 4 is 19.8 Å². The number of unbranched alkanes of at least 4 members (excludes halogenated alkanes) is 13. The Balaban J connectivity index is 4.53. The quantitative estimate of drug-likeness (QED) is 0.0218. The molecule has 0 aromatic rings. The molecule has 0 rings (SSSR count). The van der Waals surface area contributed by atoms with E-state index in [4.69, 9.17) is 18.5 Å². The van der Waals surface area contributed by atoms with Gasteiger partial charge in [0.05, 0.1) is 27.7 Å². The van der Waals surface area contributed by atoms with Crippen LogP contribution in [0.25, 0.3) is 0 Å². The highest BCUT2D eigenvalue weighted by Gasteiger charge is 2.27. The lowest BCUT2D eigenvalue weighted by Crippen LogP contribution is -2.37. The average Bonchev–Trinajstić information content (AvgIpc) is 3.12. The maximum atomic E-state index is 12.6. The molecule has 1 unspecified atom stereocenters. The molecule has 0 radical (unpaired) electrons. The van der Waals surface area contributed by atoms with E-state index in [1.54, 1.807) is 0 Å². The third-order valence-corrected chi connectivity index (χ3v) is 9.50. The maximum absolute atomic E-state index is 12.6. The number of esters is 2. The first-order chi connectivity index (χ1) is 26.0. The molecule has 0 aliphatic carbocycles. The number of ether oxygens (including phenoxy) is 2. The van der Waals surface area contributed by atoms with Gasteiger partial charge in [0.1, 0.15) is 19.8 Å². The number of allylic oxidation sites excluding steroid dienone is 10. The fourth-order valence-corrected chi connectivity index (χ4v) is 5.91. The van der Waals surface area contributed by atoms with E-state index < -0.39 is 32.5 Å². The zero-order valence-electron chi connectivity index (χ0n) is 34.9. The van der Waals surface area contributed by atoms with E-state index in [1.165, 1.54) is 57.8 Å². The highest BCUT2D eigenvalue weighted by Crippen LogP contribution is 2.43. The Hall–Kier alpha value is -2.29. The summed E-state index contributed by atoms with van der Waals surface area (Å²) < 4.78 is 34.2. The second-order valence-electron chi connectivity index (χ2n) is 15.0. The van der Waals surface area contributed by atoms with Crippen molar-refractivity contribution in [3.05, 3.63) is 60.8 Å². The van der Waals surface area contributed by atoms with Gasteiger partial charge in [0.15, 0.2) is 6.10 Å². The Morgan fingerprint density at radius 1 is 0.574 bits per heavy atom. The van der Waals surface area contributed by atoms with Crippen LogP contribution in [0.3, 0.4) is 0 Å². The first-order valence-electron chi connectivity index (χ1n) is 21.0. The van der Waals surface area contributed by atoms with Crippen LogP contribution in [0.1, 0.15) is 155 Å². The standard InChI is InChI=1S/C44H78NO8P/c1-6-8-10-12-14-16-18-20-22-24-26-28-30-32-34-36-43(46)50-40-42(41-52-54(48,49)51-39-38-45(3,4)5)53-44(47)37-35-33-31-29-27-25-23-21-19-17-15-13-11-9-7-2/h14,16,20-23,26-29,42H,6-13,15,17-19,24-25,30-41H2,1-5H3/p+1/b16-14+,22-20+,23-21+,28-26+,29-27+/t42-/m1/s1. The molecule has 10 heteroatoms. The zero-order valence-corrected chi connectivity index (χ0v) is 35.8. The van der Waals surface area contributed by atoms with Gasteiger partial charge in [-0.1, -0.05) is 120 Å². The molecule has 0 bridgehead atoms. The van der Waals surface area contributed by atoms with Gasteiger partial charge in [-0.3, -0.25) is 18.6 Å². The summed E-state index contributed by atoms with van der Waals surface area (Å²) in [5.74, 6) is -0.887. The first kappa shape index (κ1) is 51.7. The van der Waals surface area contributed by atoms with E-state index >= 15 is 0 Å². The highest BCUT2D eigenvalue weighted by atomic mass is 31.2. The van der Waals surface area contributed by atoms with Crippen LogP contribution in [0.4, 0.5) is 0 Å². The lowest BCUT2D eigenvalue weighted by Gasteiger charge is -2.24. The molecule has 0 amide bonds. The van der Waals surface area contributed by atoms with E-state index in [1.807, 2.05) is 21.1 Å². The summed E-state index contributed by atoms with van der Waals surface area (Å²) in [4.78, 5) is 35.3.